The van der Waals surface area contributed by atoms with Gasteiger partial charge in [-0.1, -0.05) is 6.07 Å². The van der Waals surface area contributed by atoms with E-state index in [2.05, 4.69) is 10.2 Å². The molecule has 14 heavy (non-hydrogen) atoms. The third-order valence-corrected chi connectivity index (χ3v) is 2.01. The predicted molar refractivity (Wildman–Crippen MR) is 49.1 cm³/mol. The van der Waals surface area contributed by atoms with Gasteiger partial charge in [0.2, 0.25) is 0 Å². The molecule has 0 saturated carbocycles. The maximum absolute atomic E-state index is 10.5. The first-order chi connectivity index (χ1) is 6.68. The minimum Gasteiger partial charge on any atom is -0.481 e. The highest BCUT2D eigenvalue weighted by Crippen LogP contribution is 2.08. The number of fused-ring (bicyclic) bond motifs is 1. The lowest BCUT2D eigenvalue weighted by molar-refractivity contribution is -0.136. The molecule has 5 nitrogen and oxygen atoms in total. The van der Waals surface area contributed by atoms with E-state index in [-0.39, 0.29) is 6.42 Å². The van der Waals surface area contributed by atoms with Crippen molar-refractivity contribution in [3.63, 3.8) is 0 Å². The van der Waals surface area contributed by atoms with Crippen molar-refractivity contribution in [3.05, 3.63) is 29.7 Å². The molecule has 1 N–H and O–H groups in total. The number of carbonyl (C=O) groups is 1. The summed E-state index contributed by atoms with van der Waals surface area (Å²) in [6.45, 7) is 1.91. The quantitative estimate of drug-likeness (QED) is 0.757. The van der Waals surface area contributed by atoms with Crippen LogP contribution in [0.15, 0.2) is 18.3 Å². The molecule has 0 radical (unpaired) electrons. The Labute approximate surface area is 80.0 Å². The topological polar surface area (TPSA) is 67.5 Å². The number of carboxylic acid groups (broad SMARTS) is 1. The fourth-order valence-electron chi connectivity index (χ4n) is 1.35. The second-order valence-corrected chi connectivity index (χ2v) is 3.07. The second-order valence-electron chi connectivity index (χ2n) is 3.07. The van der Waals surface area contributed by atoms with Crippen LogP contribution in [0.1, 0.15) is 11.4 Å². The Morgan fingerprint density at radius 3 is 3.07 bits per heavy atom. The van der Waals surface area contributed by atoms with E-state index >= 15 is 0 Å². The van der Waals surface area contributed by atoms with E-state index in [9.17, 15) is 4.79 Å². The average Bonchev–Trinajstić information content (AvgIpc) is 2.49. The average molecular weight is 191 g/mol. The summed E-state index contributed by atoms with van der Waals surface area (Å²) in [7, 11) is 0. The van der Waals surface area contributed by atoms with Crippen LogP contribution in [0.4, 0.5) is 0 Å². The summed E-state index contributed by atoms with van der Waals surface area (Å²) in [5.41, 5.74) is 1.69. The van der Waals surface area contributed by atoms with Gasteiger partial charge in [-0.15, -0.1) is 10.2 Å². The van der Waals surface area contributed by atoms with Gasteiger partial charge in [-0.05, 0) is 18.6 Å². The van der Waals surface area contributed by atoms with Crippen LogP contribution in [0.25, 0.3) is 5.65 Å². The van der Waals surface area contributed by atoms with E-state index in [1.165, 1.54) is 0 Å². The van der Waals surface area contributed by atoms with E-state index in [4.69, 9.17) is 5.11 Å². The van der Waals surface area contributed by atoms with Gasteiger partial charge in [-0.25, -0.2) is 0 Å². The Kier molecular flexibility index (Phi) is 1.92. The molecule has 0 atom stereocenters. The third-order valence-electron chi connectivity index (χ3n) is 2.01. The van der Waals surface area contributed by atoms with Gasteiger partial charge in [0.05, 0.1) is 0 Å². The summed E-state index contributed by atoms with van der Waals surface area (Å²) < 4.78 is 1.70. The van der Waals surface area contributed by atoms with Crippen LogP contribution in [-0.4, -0.2) is 25.7 Å². The summed E-state index contributed by atoms with van der Waals surface area (Å²) in [4.78, 5) is 10.5. The number of aromatic nitrogens is 3. The van der Waals surface area contributed by atoms with E-state index in [0.29, 0.717) is 11.5 Å². The number of carboxylic acids is 1. The molecule has 0 aliphatic rings. The van der Waals surface area contributed by atoms with Crippen molar-refractivity contribution >= 4 is 11.6 Å². The van der Waals surface area contributed by atoms with Crippen LogP contribution >= 0.6 is 0 Å². The predicted octanol–water partition coefficient (Wildman–Crippen LogP) is 0.665. The van der Waals surface area contributed by atoms with Crippen LogP contribution in [0.2, 0.25) is 0 Å². The highest BCUT2D eigenvalue weighted by Gasteiger charge is 2.09. The van der Waals surface area contributed by atoms with Crippen molar-refractivity contribution in [1.82, 2.24) is 14.6 Å². The lowest BCUT2D eigenvalue weighted by Gasteiger charge is -1.97. The number of aliphatic carboxylic acids is 1. The molecule has 0 amide bonds. The molecular weight excluding hydrogens is 182 g/mol. The molecule has 0 fully saturated rings. The van der Waals surface area contributed by atoms with Crippen LogP contribution in [0.5, 0.6) is 0 Å². The molecule has 72 valence electrons. The van der Waals surface area contributed by atoms with Gasteiger partial charge >= 0.3 is 5.97 Å². The van der Waals surface area contributed by atoms with Crippen molar-refractivity contribution in [2.75, 3.05) is 0 Å². The lowest BCUT2D eigenvalue weighted by Crippen LogP contribution is -2.04. The van der Waals surface area contributed by atoms with Crippen molar-refractivity contribution < 1.29 is 9.90 Å². The molecule has 0 unspecified atom stereocenters. The van der Waals surface area contributed by atoms with Crippen LogP contribution in [-0.2, 0) is 11.2 Å². The molecule has 2 rings (SSSR count). The first-order valence-electron chi connectivity index (χ1n) is 4.19. The van der Waals surface area contributed by atoms with E-state index in [0.717, 1.165) is 5.56 Å². The molecule has 0 bridgehead atoms. The first-order valence-corrected chi connectivity index (χ1v) is 4.19. The van der Waals surface area contributed by atoms with Gasteiger partial charge in [0.15, 0.2) is 5.65 Å². The summed E-state index contributed by atoms with van der Waals surface area (Å²) in [6, 6.07) is 3.76. The summed E-state index contributed by atoms with van der Waals surface area (Å²) in [5, 5.41) is 16.4. The monoisotopic (exact) mass is 191 g/mol. The number of pyridine rings is 1. The standard InChI is InChI=1S/C9H9N3O2/c1-6-3-2-4-12-7(5-8(13)14)10-11-9(6)12/h2-4H,5H2,1H3,(H,13,14). The minimum atomic E-state index is -0.902. The van der Waals surface area contributed by atoms with E-state index in [1.807, 2.05) is 19.1 Å². The molecule has 2 heterocycles. The fraction of sp³-hybridized carbons (Fsp3) is 0.222. The second kappa shape index (κ2) is 3.10. The zero-order valence-electron chi connectivity index (χ0n) is 7.64. The Morgan fingerprint density at radius 1 is 1.57 bits per heavy atom. The van der Waals surface area contributed by atoms with E-state index < -0.39 is 5.97 Å². The summed E-state index contributed by atoms with van der Waals surface area (Å²) >= 11 is 0. The number of nitrogens with zero attached hydrogens (tertiary/aromatic N) is 3. The van der Waals surface area contributed by atoms with Gasteiger partial charge in [0, 0.05) is 6.20 Å². The van der Waals surface area contributed by atoms with Crippen LogP contribution in [0.3, 0.4) is 0 Å². The molecule has 0 saturated heterocycles. The van der Waals surface area contributed by atoms with Crippen molar-refractivity contribution in [1.29, 1.82) is 0 Å². The van der Waals surface area contributed by atoms with Crippen LogP contribution in [0, 0.1) is 6.92 Å². The molecule has 2 aromatic rings. The summed E-state index contributed by atoms with van der Waals surface area (Å²) in [5.74, 6) is -0.447. The molecule has 2 aromatic heterocycles. The summed E-state index contributed by atoms with van der Waals surface area (Å²) in [6.07, 6.45) is 1.66. The molecule has 5 heteroatoms. The van der Waals surface area contributed by atoms with Gasteiger partial charge in [0.25, 0.3) is 0 Å². The Balaban J connectivity index is 2.58. The SMILES string of the molecule is Cc1cccn2c(CC(=O)O)nnc12. The smallest absolute Gasteiger partial charge is 0.311 e. The normalized spacial score (nSPS) is 10.6. The third kappa shape index (κ3) is 1.32. The first kappa shape index (κ1) is 8.68. The Hall–Kier alpha value is -1.91. The zero-order chi connectivity index (χ0) is 10.1. The Bertz CT molecular complexity index is 490. The highest BCUT2D eigenvalue weighted by molar-refractivity contribution is 5.69. The maximum atomic E-state index is 10.5. The van der Waals surface area contributed by atoms with Gasteiger partial charge in [-0.2, -0.15) is 0 Å². The Morgan fingerprint density at radius 2 is 2.36 bits per heavy atom. The molecule has 0 aromatic carbocycles. The minimum absolute atomic E-state index is 0.107. The maximum Gasteiger partial charge on any atom is 0.311 e. The van der Waals surface area contributed by atoms with Crippen molar-refractivity contribution in [2.45, 2.75) is 13.3 Å². The number of hydrogen-bond donors (Lipinski definition) is 1. The van der Waals surface area contributed by atoms with Crippen molar-refractivity contribution in [3.8, 4) is 0 Å². The number of hydrogen-bond acceptors (Lipinski definition) is 3. The zero-order valence-corrected chi connectivity index (χ0v) is 7.64. The molecule has 0 aliphatic carbocycles. The number of rotatable bonds is 2. The molecule has 0 spiro atoms. The molecule has 0 aliphatic heterocycles. The van der Waals surface area contributed by atoms with Gasteiger partial charge in [0.1, 0.15) is 12.2 Å². The molecular formula is C9H9N3O2. The highest BCUT2D eigenvalue weighted by atomic mass is 16.4. The number of aryl methyl sites for hydroxylation is 1. The fourth-order valence-corrected chi connectivity index (χ4v) is 1.35. The van der Waals surface area contributed by atoms with Crippen LogP contribution < -0.4 is 0 Å². The van der Waals surface area contributed by atoms with Crippen molar-refractivity contribution in [2.24, 2.45) is 0 Å². The largest absolute Gasteiger partial charge is 0.481 e. The van der Waals surface area contributed by atoms with Gasteiger partial charge in [-0.3, -0.25) is 9.20 Å². The lowest BCUT2D eigenvalue weighted by atomic mass is 10.3. The van der Waals surface area contributed by atoms with Gasteiger partial charge < -0.3 is 5.11 Å². The van der Waals surface area contributed by atoms with E-state index in [1.54, 1.807) is 10.6 Å².